The second-order valence-corrected chi connectivity index (χ2v) is 4.16. The standard InChI is InChI=1S/C14H11N3O2/c15-9-6-10(13(16)18)12-11(7-9)19-14(17-12)8-4-2-1-3-5-8/h1-7H,15H2,(H2,16,18). The van der Waals surface area contributed by atoms with Crippen LogP contribution in [0.4, 0.5) is 5.69 Å². The summed E-state index contributed by atoms with van der Waals surface area (Å²) in [7, 11) is 0. The van der Waals surface area contributed by atoms with Gasteiger partial charge in [0.1, 0.15) is 5.52 Å². The van der Waals surface area contributed by atoms with Crippen LogP contribution in [0.1, 0.15) is 10.4 Å². The van der Waals surface area contributed by atoms with E-state index in [0.717, 1.165) is 5.56 Å². The minimum atomic E-state index is -0.579. The lowest BCUT2D eigenvalue weighted by Gasteiger charge is -1.97. The third-order valence-electron chi connectivity index (χ3n) is 2.80. The van der Waals surface area contributed by atoms with Crippen molar-refractivity contribution >= 4 is 22.7 Å². The fourth-order valence-corrected chi connectivity index (χ4v) is 1.94. The third-order valence-corrected chi connectivity index (χ3v) is 2.80. The van der Waals surface area contributed by atoms with Crippen molar-refractivity contribution in [2.45, 2.75) is 0 Å². The highest BCUT2D eigenvalue weighted by molar-refractivity contribution is 6.05. The van der Waals surface area contributed by atoms with E-state index in [1.807, 2.05) is 30.3 Å². The molecule has 0 bridgehead atoms. The van der Waals surface area contributed by atoms with Crippen LogP contribution in [-0.4, -0.2) is 10.9 Å². The van der Waals surface area contributed by atoms with Crippen LogP contribution in [0.25, 0.3) is 22.6 Å². The summed E-state index contributed by atoms with van der Waals surface area (Å²) < 4.78 is 5.63. The number of hydrogen-bond donors (Lipinski definition) is 2. The number of nitrogens with zero attached hydrogens (tertiary/aromatic N) is 1. The molecule has 2 aromatic carbocycles. The number of rotatable bonds is 2. The predicted molar refractivity (Wildman–Crippen MR) is 72.4 cm³/mol. The van der Waals surface area contributed by atoms with E-state index in [2.05, 4.69) is 4.98 Å². The monoisotopic (exact) mass is 253 g/mol. The Morgan fingerprint density at radius 1 is 1.16 bits per heavy atom. The Hall–Kier alpha value is -2.82. The van der Waals surface area contributed by atoms with E-state index in [1.165, 1.54) is 6.07 Å². The summed E-state index contributed by atoms with van der Waals surface area (Å²) in [6.45, 7) is 0. The molecule has 1 heterocycles. The SMILES string of the molecule is NC(=O)c1cc(N)cc2oc(-c3ccccc3)nc12. The normalized spacial score (nSPS) is 10.7. The zero-order chi connectivity index (χ0) is 13.4. The van der Waals surface area contributed by atoms with E-state index in [-0.39, 0.29) is 5.56 Å². The van der Waals surface area contributed by atoms with Gasteiger partial charge < -0.3 is 15.9 Å². The van der Waals surface area contributed by atoms with Crippen LogP contribution in [-0.2, 0) is 0 Å². The maximum absolute atomic E-state index is 11.4. The number of fused-ring (bicyclic) bond motifs is 1. The lowest BCUT2D eigenvalue weighted by molar-refractivity contribution is 0.100. The number of benzene rings is 2. The van der Waals surface area contributed by atoms with Crippen LogP contribution in [0.5, 0.6) is 0 Å². The number of hydrogen-bond acceptors (Lipinski definition) is 4. The van der Waals surface area contributed by atoms with Gasteiger partial charge in [0.25, 0.3) is 5.91 Å². The van der Waals surface area contributed by atoms with E-state index in [4.69, 9.17) is 15.9 Å². The first-order chi connectivity index (χ1) is 9.15. The molecular weight excluding hydrogens is 242 g/mol. The van der Waals surface area contributed by atoms with Crippen molar-refractivity contribution in [3.05, 3.63) is 48.0 Å². The number of carbonyl (C=O) groups is 1. The minimum absolute atomic E-state index is 0.265. The topological polar surface area (TPSA) is 95.1 Å². The first-order valence-corrected chi connectivity index (χ1v) is 5.70. The third kappa shape index (κ3) is 1.91. The average molecular weight is 253 g/mol. The summed E-state index contributed by atoms with van der Waals surface area (Å²) in [5.41, 5.74) is 13.4. The highest BCUT2D eigenvalue weighted by atomic mass is 16.3. The first-order valence-electron chi connectivity index (χ1n) is 5.70. The van der Waals surface area contributed by atoms with E-state index in [0.29, 0.717) is 22.7 Å². The Morgan fingerprint density at radius 2 is 1.89 bits per heavy atom. The first kappa shape index (κ1) is 11.3. The molecule has 1 amide bonds. The zero-order valence-corrected chi connectivity index (χ0v) is 9.96. The van der Waals surface area contributed by atoms with Gasteiger partial charge in [0, 0.05) is 17.3 Å². The van der Waals surface area contributed by atoms with Gasteiger partial charge >= 0.3 is 0 Å². The number of oxazole rings is 1. The van der Waals surface area contributed by atoms with Gasteiger partial charge in [-0.2, -0.15) is 0 Å². The van der Waals surface area contributed by atoms with E-state index < -0.39 is 5.91 Å². The Kier molecular flexibility index (Phi) is 2.45. The molecule has 0 radical (unpaired) electrons. The molecule has 0 aliphatic rings. The summed E-state index contributed by atoms with van der Waals surface area (Å²) in [5, 5.41) is 0. The van der Waals surface area contributed by atoms with Gasteiger partial charge in [-0.1, -0.05) is 18.2 Å². The maximum atomic E-state index is 11.4. The zero-order valence-electron chi connectivity index (χ0n) is 9.96. The van der Waals surface area contributed by atoms with Gasteiger partial charge in [-0.15, -0.1) is 0 Å². The van der Waals surface area contributed by atoms with Crippen LogP contribution in [0.3, 0.4) is 0 Å². The van der Waals surface area contributed by atoms with Gasteiger partial charge in [-0.3, -0.25) is 4.79 Å². The molecule has 0 fully saturated rings. The molecule has 5 nitrogen and oxygen atoms in total. The van der Waals surface area contributed by atoms with Gasteiger partial charge in [0.15, 0.2) is 5.58 Å². The predicted octanol–water partition coefficient (Wildman–Crippen LogP) is 2.18. The summed E-state index contributed by atoms with van der Waals surface area (Å²) in [4.78, 5) is 15.7. The minimum Gasteiger partial charge on any atom is -0.436 e. The molecule has 0 spiro atoms. The smallest absolute Gasteiger partial charge is 0.251 e. The molecule has 0 saturated heterocycles. The van der Waals surface area contributed by atoms with Crippen LogP contribution in [0.15, 0.2) is 46.9 Å². The largest absolute Gasteiger partial charge is 0.436 e. The number of anilines is 1. The quantitative estimate of drug-likeness (QED) is 0.684. The van der Waals surface area contributed by atoms with Gasteiger partial charge in [-0.05, 0) is 18.2 Å². The highest BCUT2D eigenvalue weighted by Gasteiger charge is 2.15. The van der Waals surface area contributed by atoms with E-state index in [9.17, 15) is 4.79 Å². The molecule has 94 valence electrons. The molecule has 3 rings (SSSR count). The van der Waals surface area contributed by atoms with E-state index in [1.54, 1.807) is 6.07 Å². The number of carbonyl (C=O) groups excluding carboxylic acids is 1. The van der Waals surface area contributed by atoms with Crippen molar-refractivity contribution in [2.75, 3.05) is 5.73 Å². The Labute approximate surface area is 108 Å². The van der Waals surface area contributed by atoms with Crippen molar-refractivity contribution in [3.8, 4) is 11.5 Å². The second kappa shape index (κ2) is 4.13. The number of aromatic nitrogens is 1. The van der Waals surface area contributed by atoms with E-state index >= 15 is 0 Å². The molecule has 0 aliphatic heterocycles. The van der Waals surface area contributed by atoms with Crippen LogP contribution >= 0.6 is 0 Å². The Balaban J connectivity index is 2.26. The number of primary amides is 1. The molecule has 0 unspecified atom stereocenters. The van der Waals surface area contributed by atoms with Crippen LogP contribution < -0.4 is 11.5 Å². The molecule has 4 N–H and O–H groups in total. The summed E-state index contributed by atoms with van der Waals surface area (Å²) in [6, 6.07) is 12.5. The molecule has 5 heteroatoms. The molecule has 0 atom stereocenters. The molecule has 0 aliphatic carbocycles. The average Bonchev–Trinajstić information content (AvgIpc) is 2.82. The van der Waals surface area contributed by atoms with Crippen molar-refractivity contribution in [1.82, 2.24) is 4.98 Å². The number of amides is 1. The summed E-state index contributed by atoms with van der Waals surface area (Å²) >= 11 is 0. The maximum Gasteiger partial charge on any atom is 0.251 e. The van der Waals surface area contributed by atoms with Crippen molar-refractivity contribution in [1.29, 1.82) is 0 Å². The lowest BCUT2D eigenvalue weighted by Crippen LogP contribution is -2.12. The fraction of sp³-hybridized carbons (Fsp3) is 0. The summed E-state index contributed by atoms with van der Waals surface area (Å²) in [6.07, 6.45) is 0. The van der Waals surface area contributed by atoms with Crippen LogP contribution in [0, 0.1) is 0 Å². The van der Waals surface area contributed by atoms with Gasteiger partial charge in [0.2, 0.25) is 5.89 Å². The van der Waals surface area contributed by atoms with Crippen LogP contribution in [0.2, 0.25) is 0 Å². The Bertz CT molecular complexity index is 763. The molecular formula is C14H11N3O2. The summed E-state index contributed by atoms with van der Waals surface area (Å²) in [5.74, 6) is -0.145. The van der Waals surface area contributed by atoms with Gasteiger partial charge in [0.05, 0.1) is 5.56 Å². The van der Waals surface area contributed by atoms with Gasteiger partial charge in [-0.25, -0.2) is 4.98 Å². The van der Waals surface area contributed by atoms with Crippen molar-refractivity contribution < 1.29 is 9.21 Å². The fourth-order valence-electron chi connectivity index (χ4n) is 1.94. The Morgan fingerprint density at radius 3 is 2.58 bits per heavy atom. The molecule has 1 aromatic heterocycles. The second-order valence-electron chi connectivity index (χ2n) is 4.16. The number of nitrogen functional groups attached to an aromatic ring is 1. The van der Waals surface area contributed by atoms with Crippen molar-refractivity contribution in [2.24, 2.45) is 5.73 Å². The molecule has 19 heavy (non-hydrogen) atoms. The molecule has 0 saturated carbocycles. The lowest BCUT2D eigenvalue weighted by atomic mass is 10.1. The van der Waals surface area contributed by atoms with Crippen molar-refractivity contribution in [3.63, 3.8) is 0 Å². The molecule has 3 aromatic rings. The number of nitrogens with two attached hydrogens (primary N) is 2. The highest BCUT2D eigenvalue weighted by Crippen LogP contribution is 2.28.